The van der Waals surface area contributed by atoms with Crippen LogP contribution in [-0.4, -0.2) is 5.78 Å². The minimum absolute atomic E-state index is 0.501. The molecule has 1 fully saturated rings. The van der Waals surface area contributed by atoms with Crippen molar-refractivity contribution >= 4 is 5.78 Å². The van der Waals surface area contributed by atoms with Crippen LogP contribution in [0.25, 0.3) is 0 Å². The maximum absolute atomic E-state index is 11.4. The van der Waals surface area contributed by atoms with E-state index < -0.39 is 0 Å². The van der Waals surface area contributed by atoms with Crippen molar-refractivity contribution in [3.63, 3.8) is 0 Å². The second-order valence-electron chi connectivity index (χ2n) is 4.42. The third kappa shape index (κ3) is 3.50. The number of hydrogen-bond donors (Lipinski definition) is 0. The molecule has 0 bridgehead atoms. The molecular weight excluding hydrogens is 160 g/mol. The first-order valence-corrected chi connectivity index (χ1v) is 5.77. The fourth-order valence-corrected chi connectivity index (χ4v) is 2.37. The van der Waals surface area contributed by atoms with E-state index in [2.05, 4.69) is 13.8 Å². The van der Waals surface area contributed by atoms with Crippen molar-refractivity contribution in [3.05, 3.63) is 0 Å². The van der Waals surface area contributed by atoms with E-state index in [4.69, 9.17) is 0 Å². The average Bonchev–Trinajstić information content (AvgIpc) is 2.10. The van der Waals surface area contributed by atoms with Gasteiger partial charge in [-0.05, 0) is 24.7 Å². The Morgan fingerprint density at radius 2 is 1.92 bits per heavy atom. The summed E-state index contributed by atoms with van der Waals surface area (Å²) in [6, 6.07) is 0. The molecule has 2 unspecified atom stereocenters. The molecule has 0 spiro atoms. The maximum Gasteiger partial charge on any atom is 0.133 e. The van der Waals surface area contributed by atoms with Gasteiger partial charge in [0.2, 0.25) is 0 Å². The second kappa shape index (κ2) is 5.41. The molecule has 0 amide bonds. The Hall–Kier alpha value is -0.330. The van der Waals surface area contributed by atoms with Crippen LogP contribution >= 0.6 is 0 Å². The predicted molar refractivity (Wildman–Crippen MR) is 55.7 cm³/mol. The molecule has 0 radical (unpaired) electrons. The molecule has 0 N–H and O–H groups in total. The smallest absolute Gasteiger partial charge is 0.133 e. The lowest BCUT2D eigenvalue weighted by atomic mass is 9.81. The number of rotatable bonds is 2. The zero-order chi connectivity index (χ0) is 9.68. The lowest BCUT2D eigenvalue weighted by molar-refractivity contribution is -0.120. The zero-order valence-electron chi connectivity index (χ0n) is 9.01. The molecule has 1 nitrogen and oxygen atoms in total. The minimum atomic E-state index is 0.501. The third-order valence-corrected chi connectivity index (χ3v) is 3.41. The maximum atomic E-state index is 11.4. The van der Waals surface area contributed by atoms with Crippen molar-refractivity contribution in [2.75, 3.05) is 0 Å². The summed E-state index contributed by atoms with van der Waals surface area (Å²) in [5.41, 5.74) is 0. The Balaban J connectivity index is 2.47. The highest BCUT2D eigenvalue weighted by atomic mass is 16.1. The van der Waals surface area contributed by atoms with Gasteiger partial charge in [0.25, 0.3) is 0 Å². The summed E-state index contributed by atoms with van der Waals surface area (Å²) in [6.45, 7) is 4.49. The summed E-state index contributed by atoms with van der Waals surface area (Å²) in [5.74, 6) is 2.07. The highest BCUT2D eigenvalue weighted by Gasteiger charge is 2.19. The highest BCUT2D eigenvalue weighted by molar-refractivity contribution is 5.78. The van der Waals surface area contributed by atoms with Crippen LogP contribution in [0.3, 0.4) is 0 Å². The SMILES string of the molecule is CCC1CCCC(=O)CC(CC)C1. The summed E-state index contributed by atoms with van der Waals surface area (Å²) in [7, 11) is 0. The second-order valence-corrected chi connectivity index (χ2v) is 4.42. The van der Waals surface area contributed by atoms with E-state index in [1.165, 1.54) is 25.7 Å². The van der Waals surface area contributed by atoms with E-state index in [0.29, 0.717) is 11.7 Å². The van der Waals surface area contributed by atoms with Gasteiger partial charge in [-0.3, -0.25) is 4.79 Å². The van der Waals surface area contributed by atoms with Gasteiger partial charge in [0.1, 0.15) is 5.78 Å². The first-order valence-electron chi connectivity index (χ1n) is 5.77. The van der Waals surface area contributed by atoms with Crippen LogP contribution in [0.2, 0.25) is 0 Å². The van der Waals surface area contributed by atoms with Crippen molar-refractivity contribution in [2.24, 2.45) is 11.8 Å². The van der Waals surface area contributed by atoms with Crippen molar-refractivity contribution in [3.8, 4) is 0 Å². The van der Waals surface area contributed by atoms with Crippen molar-refractivity contribution in [1.29, 1.82) is 0 Å². The van der Waals surface area contributed by atoms with Crippen LogP contribution in [-0.2, 0) is 4.79 Å². The average molecular weight is 182 g/mol. The van der Waals surface area contributed by atoms with E-state index in [-0.39, 0.29) is 0 Å². The number of Topliss-reactive ketones (excluding diaryl/α,β-unsaturated/α-hetero) is 1. The van der Waals surface area contributed by atoms with Crippen molar-refractivity contribution < 1.29 is 4.79 Å². The van der Waals surface area contributed by atoms with E-state index in [9.17, 15) is 4.79 Å². The van der Waals surface area contributed by atoms with E-state index in [0.717, 1.165) is 25.2 Å². The minimum Gasteiger partial charge on any atom is -0.300 e. The lowest BCUT2D eigenvalue weighted by Gasteiger charge is -2.23. The number of carbonyl (C=O) groups is 1. The molecule has 0 aromatic rings. The van der Waals surface area contributed by atoms with Crippen LogP contribution in [0.5, 0.6) is 0 Å². The Morgan fingerprint density at radius 1 is 1.23 bits per heavy atom. The molecule has 1 aliphatic rings. The van der Waals surface area contributed by atoms with Crippen LogP contribution in [0.15, 0.2) is 0 Å². The van der Waals surface area contributed by atoms with Gasteiger partial charge >= 0.3 is 0 Å². The van der Waals surface area contributed by atoms with Crippen LogP contribution in [0, 0.1) is 11.8 Å². The summed E-state index contributed by atoms with van der Waals surface area (Å²) in [5, 5.41) is 0. The van der Waals surface area contributed by atoms with E-state index in [1.54, 1.807) is 0 Å². The van der Waals surface area contributed by atoms with Gasteiger partial charge in [0.05, 0.1) is 0 Å². The molecule has 2 atom stereocenters. The van der Waals surface area contributed by atoms with Gasteiger partial charge in [0, 0.05) is 12.8 Å². The van der Waals surface area contributed by atoms with Gasteiger partial charge < -0.3 is 0 Å². The Kier molecular flexibility index (Phi) is 4.47. The Morgan fingerprint density at radius 3 is 2.54 bits per heavy atom. The summed E-state index contributed by atoms with van der Waals surface area (Å²) in [6.07, 6.45) is 7.87. The monoisotopic (exact) mass is 182 g/mol. The molecule has 0 saturated heterocycles. The Bertz CT molecular complexity index is 163. The normalized spacial score (nSPS) is 31.1. The molecular formula is C12H22O. The number of hydrogen-bond acceptors (Lipinski definition) is 1. The quantitative estimate of drug-likeness (QED) is 0.638. The van der Waals surface area contributed by atoms with Gasteiger partial charge in [-0.15, -0.1) is 0 Å². The fraction of sp³-hybridized carbons (Fsp3) is 0.917. The van der Waals surface area contributed by atoms with Crippen LogP contribution < -0.4 is 0 Å². The molecule has 13 heavy (non-hydrogen) atoms. The standard InChI is InChI=1S/C12H22O/c1-3-10-6-5-7-12(13)9-11(4-2)8-10/h10-11H,3-9H2,1-2H3. The van der Waals surface area contributed by atoms with Gasteiger partial charge in [0.15, 0.2) is 0 Å². The molecule has 1 aliphatic carbocycles. The third-order valence-electron chi connectivity index (χ3n) is 3.41. The number of ketones is 1. The highest BCUT2D eigenvalue weighted by Crippen LogP contribution is 2.28. The zero-order valence-corrected chi connectivity index (χ0v) is 9.01. The summed E-state index contributed by atoms with van der Waals surface area (Å²) in [4.78, 5) is 11.4. The Labute approximate surface area is 81.9 Å². The topological polar surface area (TPSA) is 17.1 Å². The predicted octanol–water partition coefficient (Wildman–Crippen LogP) is 3.57. The van der Waals surface area contributed by atoms with E-state index in [1.807, 2.05) is 0 Å². The molecule has 0 aliphatic heterocycles. The first-order chi connectivity index (χ1) is 6.26. The molecule has 1 heteroatoms. The van der Waals surface area contributed by atoms with Gasteiger partial charge in [-0.25, -0.2) is 0 Å². The van der Waals surface area contributed by atoms with Crippen molar-refractivity contribution in [1.82, 2.24) is 0 Å². The molecule has 0 aromatic heterocycles. The van der Waals surface area contributed by atoms with E-state index >= 15 is 0 Å². The molecule has 1 saturated carbocycles. The largest absolute Gasteiger partial charge is 0.300 e. The number of carbonyl (C=O) groups excluding carboxylic acids is 1. The van der Waals surface area contributed by atoms with Crippen LogP contribution in [0.4, 0.5) is 0 Å². The summed E-state index contributed by atoms with van der Waals surface area (Å²) >= 11 is 0. The van der Waals surface area contributed by atoms with Gasteiger partial charge in [-0.2, -0.15) is 0 Å². The summed E-state index contributed by atoms with van der Waals surface area (Å²) < 4.78 is 0. The molecule has 76 valence electrons. The fourth-order valence-electron chi connectivity index (χ4n) is 2.37. The molecule has 0 heterocycles. The van der Waals surface area contributed by atoms with Gasteiger partial charge in [-0.1, -0.05) is 33.1 Å². The lowest BCUT2D eigenvalue weighted by Crippen LogP contribution is -2.16. The van der Waals surface area contributed by atoms with Crippen LogP contribution in [0.1, 0.15) is 58.8 Å². The first kappa shape index (κ1) is 10.7. The van der Waals surface area contributed by atoms with Crippen molar-refractivity contribution in [2.45, 2.75) is 58.8 Å². The molecule has 1 rings (SSSR count). The molecule has 0 aromatic carbocycles.